The zero-order valence-corrected chi connectivity index (χ0v) is 25.0. The molecule has 0 spiro atoms. The van der Waals surface area contributed by atoms with Gasteiger partial charge in [-0.25, -0.2) is 0 Å². The lowest BCUT2D eigenvalue weighted by Gasteiger charge is -2.15. The van der Waals surface area contributed by atoms with E-state index in [1.54, 1.807) is 0 Å². The first-order valence-corrected chi connectivity index (χ1v) is 13.2. The monoisotopic (exact) mass is 598 g/mol. The van der Waals surface area contributed by atoms with Crippen molar-refractivity contribution in [3.63, 3.8) is 0 Å². The van der Waals surface area contributed by atoms with Gasteiger partial charge in [0.15, 0.2) is 23.0 Å². The number of methoxy groups -OCH3 is 6. The molecule has 0 heterocycles. The number of ketones is 4. The minimum Gasteiger partial charge on any atom is -0.496 e. The molecular formula is C34H30O10. The van der Waals surface area contributed by atoms with Crippen LogP contribution in [0.2, 0.25) is 0 Å². The van der Waals surface area contributed by atoms with E-state index in [-0.39, 0.29) is 22.3 Å². The molecule has 0 aliphatic heterocycles. The van der Waals surface area contributed by atoms with Crippen molar-refractivity contribution in [1.82, 2.24) is 0 Å². The van der Waals surface area contributed by atoms with E-state index in [0.717, 1.165) is 0 Å². The molecule has 0 N–H and O–H groups in total. The summed E-state index contributed by atoms with van der Waals surface area (Å²) in [6.07, 6.45) is 0. The van der Waals surface area contributed by atoms with Gasteiger partial charge >= 0.3 is 0 Å². The molecule has 0 amide bonds. The van der Waals surface area contributed by atoms with Gasteiger partial charge in [-0.3, -0.25) is 19.2 Å². The second-order valence-corrected chi connectivity index (χ2v) is 9.29. The molecule has 10 heteroatoms. The van der Waals surface area contributed by atoms with Crippen molar-refractivity contribution >= 4 is 23.1 Å². The van der Waals surface area contributed by atoms with Gasteiger partial charge in [0.1, 0.15) is 11.5 Å². The molecule has 10 nitrogen and oxygen atoms in total. The van der Waals surface area contributed by atoms with E-state index in [9.17, 15) is 19.2 Å². The van der Waals surface area contributed by atoms with Crippen molar-refractivity contribution in [1.29, 1.82) is 0 Å². The molecule has 44 heavy (non-hydrogen) atoms. The lowest BCUT2D eigenvalue weighted by Crippen LogP contribution is -2.15. The summed E-state index contributed by atoms with van der Waals surface area (Å²) >= 11 is 0. The second-order valence-electron chi connectivity index (χ2n) is 9.29. The van der Waals surface area contributed by atoms with Crippen LogP contribution < -0.4 is 28.4 Å². The molecule has 0 radical (unpaired) electrons. The molecule has 0 bridgehead atoms. The molecule has 4 rings (SSSR count). The van der Waals surface area contributed by atoms with Crippen molar-refractivity contribution < 1.29 is 47.6 Å². The van der Waals surface area contributed by atoms with Crippen LogP contribution in [0, 0.1) is 0 Å². The van der Waals surface area contributed by atoms with Crippen LogP contribution in [0.1, 0.15) is 41.4 Å². The largest absolute Gasteiger partial charge is 0.496 e. The fourth-order valence-electron chi connectivity index (χ4n) is 4.60. The average molecular weight is 599 g/mol. The Kier molecular flexibility index (Phi) is 9.64. The fraction of sp³-hybridized carbons (Fsp3) is 0.176. The number of rotatable bonds is 13. The molecular weight excluding hydrogens is 568 g/mol. The summed E-state index contributed by atoms with van der Waals surface area (Å²) in [6, 6.07) is 17.8. The van der Waals surface area contributed by atoms with E-state index in [1.165, 1.54) is 115 Å². The minimum absolute atomic E-state index is 0.0702. The van der Waals surface area contributed by atoms with Crippen LogP contribution >= 0.6 is 0 Å². The van der Waals surface area contributed by atoms with Crippen molar-refractivity contribution in [2.75, 3.05) is 42.7 Å². The van der Waals surface area contributed by atoms with Gasteiger partial charge in [-0.05, 0) is 72.8 Å². The SMILES string of the molecule is COc1ccc(C(=O)C(=O)c2ccc(OC)c(-c3cc(C(=O)C(=O)c4ccc(OC)c(OC)c4)ccc3OC)c2)cc1OC. The maximum Gasteiger partial charge on any atom is 0.233 e. The molecule has 0 saturated heterocycles. The standard InChI is InChI=1S/C34H30O10/c1-39-25-11-7-19(31(35)33(37)21-9-13-27(41-3)29(17-21)43-5)15-23(25)24-16-20(8-12-26(24)40-2)32(36)34(38)22-10-14-28(42-4)30(18-22)44-6/h7-18H,1-6H3. The van der Waals surface area contributed by atoms with Gasteiger partial charge in [-0.1, -0.05) is 0 Å². The zero-order valence-electron chi connectivity index (χ0n) is 25.0. The topological polar surface area (TPSA) is 124 Å². The summed E-state index contributed by atoms with van der Waals surface area (Å²) < 4.78 is 32.0. The highest BCUT2D eigenvalue weighted by Gasteiger charge is 2.25. The molecule has 4 aromatic carbocycles. The first-order chi connectivity index (χ1) is 21.2. The van der Waals surface area contributed by atoms with Crippen LogP contribution in [0.4, 0.5) is 0 Å². The Labute approximate surface area is 254 Å². The van der Waals surface area contributed by atoms with Gasteiger partial charge in [0.05, 0.1) is 42.7 Å². The second kappa shape index (κ2) is 13.6. The Morgan fingerprint density at radius 3 is 0.864 bits per heavy atom. The molecule has 0 atom stereocenters. The van der Waals surface area contributed by atoms with Crippen LogP contribution in [-0.2, 0) is 0 Å². The summed E-state index contributed by atoms with van der Waals surface area (Å²) in [5.41, 5.74) is 1.10. The number of carbonyl (C=O) groups is 4. The van der Waals surface area contributed by atoms with Crippen LogP contribution in [0.5, 0.6) is 34.5 Å². The molecule has 4 aromatic rings. The normalized spacial score (nSPS) is 10.4. The molecule has 0 aliphatic rings. The fourth-order valence-corrected chi connectivity index (χ4v) is 4.60. The van der Waals surface area contributed by atoms with Crippen LogP contribution in [-0.4, -0.2) is 65.8 Å². The summed E-state index contributed by atoms with van der Waals surface area (Å²) in [5, 5.41) is 0. The summed E-state index contributed by atoms with van der Waals surface area (Å²) in [5.74, 6) is -0.984. The number of benzene rings is 4. The number of hydrogen-bond donors (Lipinski definition) is 0. The lowest BCUT2D eigenvalue weighted by atomic mass is 9.93. The van der Waals surface area contributed by atoms with Crippen molar-refractivity contribution in [2.24, 2.45) is 0 Å². The number of Topliss-reactive ketones (excluding diaryl/α,β-unsaturated/α-hetero) is 4. The predicted octanol–water partition coefficient (Wildman–Crippen LogP) is 5.54. The lowest BCUT2D eigenvalue weighted by molar-refractivity contribution is 0.0816. The van der Waals surface area contributed by atoms with E-state index >= 15 is 0 Å². The van der Waals surface area contributed by atoms with Crippen LogP contribution in [0.3, 0.4) is 0 Å². The molecule has 0 fully saturated rings. The van der Waals surface area contributed by atoms with E-state index in [1.807, 2.05) is 0 Å². The summed E-state index contributed by atoms with van der Waals surface area (Å²) in [7, 11) is 8.67. The highest BCUT2D eigenvalue weighted by atomic mass is 16.5. The molecule has 0 aromatic heterocycles. The van der Waals surface area contributed by atoms with E-state index in [4.69, 9.17) is 28.4 Å². The van der Waals surface area contributed by atoms with Gasteiger partial charge in [0, 0.05) is 33.4 Å². The highest BCUT2D eigenvalue weighted by molar-refractivity contribution is 6.50. The maximum atomic E-state index is 13.3. The zero-order chi connectivity index (χ0) is 32.0. The van der Waals surface area contributed by atoms with Crippen molar-refractivity contribution in [3.05, 3.63) is 95.1 Å². The molecule has 0 aliphatic carbocycles. The van der Waals surface area contributed by atoms with Gasteiger partial charge < -0.3 is 28.4 Å². The van der Waals surface area contributed by atoms with Crippen molar-refractivity contribution in [2.45, 2.75) is 0 Å². The Bertz CT molecular complexity index is 1630. The maximum absolute atomic E-state index is 13.3. The number of carbonyl (C=O) groups excluding carboxylic acids is 4. The third-order valence-corrected chi connectivity index (χ3v) is 6.92. The van der Waals surface area contributed by atoms with Crippen molar-refractivity contribution in [3.8, 4) is 45.6 Å². The molecule has 0 unspecified atom stereocenters. The first-order valence-electron chi connectivity index (χ1n) is 13.2. The smallest absolute Gasteiger partial charge is 0.233 e. The van der Waals surface area contributed by atoms with Crippen LogP contribution in [0.25, 0.3) is 11.1 Å². The Balaban J connectivity index is 1.73. The van der Waals surface area contributed by atoms with Gasteiger partial charge in [0.25, 0.3) is 0 Å². The predicted molar refractivity (Wildman–Crippen MR) is 161 cm³/mol. The van der Waals surface area contributed by atoms with Crippen LogP contribution in [0.15, 0.2) is 72.8 Å². The Morgan fingerprint density at radius 2 is 0.591 bits per heavy atom. The summed E-state index contributed by atoms with van der Waals surface area (Å²) in [4.78, 5) is 53.0. The van der Waals surface area contributed by atoms with Gasteiger partial charge in [-0.2, -0.15) is 0 Å². The van der Waals surface area contributed by atoms with Gasteiger partial charge in [0.2, 0.25) is 23.1 Å². The number of hydrogen-bond acceptors (Lipinski definition) is 10. The van der Waals surface area contributed by atoms with Gasteiger partial charge in [-0.15, -0.1) is 0 Å². The van der Waals surface area contributed by atoms with E-state index in [2.05, 4.69) is 0 Å². The number of ether oxygens (including phenoxy) is 6. The van der Waals surface area contributed by atoms with E-state index in [0.29, 0.717) is 45.6 Å². The highest BCUT2D eigenvalue weighted by Crippen LogP contribution is 2.38. The first kappa shape index (κ1) is 31.3. The van der Waals surface area contributed by atoms with E-state index < -0.39 is 23.1 Å². The molecule has 0 saturated carbocycles. The third kappa shape index (κ3) is 6.10. The minimum atomic E-state index is -0.782. The molecule has 226 valence electrons. The Morgan fingerprint density at radius 1 is 0.341 bits per heavy atom. The quantitative estimate of drug-likeness (QED) is 0.143. The summed E-state index contributed by atoms with van der Waals surface area (Å²) in [6.45, 7) is 0. The average Bonchev–Trinajstić information content (AvgIpc) is 3.08. The Hall–Kier alpha value is -5.64. The third-order valence-electron chi connectivity index (χ3n) is 6.92.